The molecule has 0 saturated heterocycles. The van der Waals surface area contributed by atoms with E-state index >= 15 is 0 Å². The van der Waals surface area contributed by atoms with Gasteiger partial charge in [-0.1, -0.05) is 36.4 Å². The molecule has 1 amide bonds. The van der Waals surface area contributed by atoms with Crippen LogP contribution in [0.15, 0.2) is 72.5 Å². The van der Waals surface area contributed by atoms with Crippen LogP contribution in [0.3, 0.4) is 0 Å². The average molecular weight is 346 g/mol. The summed E-state index contributed by atoms with van der Waals surface area (Å²) in [6, 6.07) is 13.2. The number of carbonyl (C=O) groups excluding carboxylic acids is 1. The van der Waals surface area contributed by atoms with Crippen LogP contribution in [0, 0.1) is 0 Å². The summed E-state index contributed by atoms with van der Waals surface area (Å²) in [5.41, 5.74) is 3.28. The Morgan fingerprint density at radius 1 is 1.23 bits per heavy atom. The van der Waals surface area contributed by atoms with E-state index in [2.05, 4.69) is 25.7 Å². The molecule has 2 aromatic heterocycles. The van der Waals surface area contributed by atoms with Gasteiger partial charge in [0.25, 0.3) is 5.91 Å². The van der Waals surface area contributed by atoms with Crippen LogP contribution in [-0.2, 0) is 11.3 Å². The summed E-state index contributed by atoms with van der Waals surface area (Å²) >= 11 is 0. The summed E-state index contributed by atoms with van der Waals surface area (Å²) in [4.78, 5) is 21.4. The van der Waals surface area contributed by atoms with Crippen molar-refractivity contribution in [2.75, 3.05) is 5.32 Å². The normalized spacial score (nSPS) is 16.0. The van der Waals surface area contributed by atoms with Gasteiger partial charge in [-0.05, 0) is 24.1 Å². The fourth-order valence-electron chi connectivity index (χ4n) is 3.10. The molecule has 7 nitrogen and oxygen atoms in total. The maximum Gasteiger partial charge on any atom is 0.251 e. The third kappa shape index (κ3) is 2.95. The van der Waals surface area contributed by atoms with Crippen LogP contribution in [0.1, 0.15) is 24.1 Å². The second kappa shape index (κ2) is 6.79. The zero-order chi connectivity index (χ0) is 17.9. The number of anilines is 1. The van der Waals surface area contributed by atoms with Gasteiger partial charge in [0.05, 0.1) is 5.57 Å². The Labute approximate surface area is 150 Å². The van der Waals surface area contributed by atoms with Crippen LogP contribution in [0.25, 0.3) is 0 Å². The van der Waals surface area contributed by atoms with Crippen molar-refractivity contribution in [3.63, 3.8) is 0 Å². The predicted molar refractivity (Wildman–Crippen MR) is 97.0 cm³/mol. The highest BCUT2D eigenvalue weighted by Gasteiger charge is 2.33. The Bertz CT molecular complexity index is 948. The molecule has 130 valence electrons. The van der Waals surface area contributed by atoms with Gasteiger partial charge in [-0.2, -0.15) is 10.1 Å². The number of nitrogens with zero attached hydrogens (tertiary/aromatic N) is 4. The Balaban J connectivity index is 1.67. The number of carbonyl (C=O) groups is 1. The summed E-state index contributed by atoms with van der Waals surface area (Å²) in [6.45, 7) is 2.33. The van der Waals surface area contributed by atoms with E-state index in [0.717, 1.165) is 16.8 Å². The van der Waals surface area contributed by atoms with E-state index in [-0.39, 0.29) is 11.9 Å². The van der Waals surface area contributed by atoms with Gasteiger partial charge in [0.1, 0.15) is 12.4 Å². The monoisotopic (exact) mass is 346 g/mol. The Kier molecular flexibility index (Phi) is 4.18. The standard InChI is InChI=1S/C19H18N6O/c1-13-16(18(26)21-10-14-6-3-2-4-7-14)17(15-8-5-9-20-11-15)25-19(24-13)22-12-23-25/h2-9,11-12,17H,10H2,1H3,(H,21,26)(H,22,23,24)/t17-/m1/s1. The Morgan fingerprint density at radius 3 is 2.85 bits per heavy atom. The maximum absolute atomic E-state index is 13.0. The summed E-state index contributed by atoms with van der Waals surface area (Å²) in [5.74, 6) is 0.463. The van der Waals surface area contributed by atoms with Crippen molar-refractivity contribution in [2.24, 2.45) is 0 Å². The second-order valence-electron chi connectivity index (χ2n) is 6.05. The van der Waals surface area contributed by atoms with Gasteiger partial charge in [0, 0.05) is 24.6 Å². The molecule has 26 heavy (non-hydrogen) atoms. The van der Waals surface area contributed by atoms with Gasteiger partial charge in [-0.25, -0.2) is 4.68 Å². The van der Waals surface area contributed by atoms with E-state index in [4.69, 9.17) is 0 Å². The smallest absolute Gasteiger partial charge is 0.251 e. The van der Waals surface area contributed by atoms with Crippen LogP contribution >= 0.6 is 0 Å². The fourth-order valence-corrected chi connectivity index (χ4v) is 3.10. The first-order valence-corrected chi connectivity index (χ1v) is 8.33. The first kappa shape index (κ1) is 16.0. The lowest BCUT2D eigenvalue weighted by molar-refractivity contribution is -0.118. The molecule has 0 bridgehead atoms. The lowest BCUT2D eigenvalue weighted by atomic mass is 9.96. The van der Waals surface area contributed by atoms with Crippen molar-refractivity contribution in [3.8, 4) is 0 Å². The number of allylic oxidation sites excluding steroid dienone is 1. The molecule has 4 rings (SSSR count). The molecule has 2 N–H and O–H groups in total. The first-order valence-electron chi connectivity index (χ1n) is 8.33. The molecule has 0 unspecified atom stereocenters. The highest BCUT2D eigenvalue weighted by atomic mass is 16.1. The third-order valence-electron chi connectivity index (χ3n) is 4.34. The lowest BCUT2D eigenvalue weighted by Gasteiger charge is -2.28. The van der Waals surface area contributed by atoms with Crippen molar-refractivity contribution in [1.82, 2.24) is 25.1 Å². The molecule has 0 radical (unpaired) electrons. The molecule has 1 aliphatic rings. The molecular weight excluding hydrogens is 328 g/mol. The minimum Gasteiger partial charge on any atom is -0.348 e. The predicted octanol–water partition coefficient (Wildman–Crippen LogP) is 2.28. The summed E-state index contributed by atoms with van der Waals surface area (Å²) in [6.07, 6.45) is 4.93. The van der Waals surface area contributed by atoms with Crippen LogP contribution in [0.2, 0.25) is 0 Å². The van der Waals surface area contributed by atoms with Crippen LogP contribution < -0.4 is 10.6 Å². The van der Waals surface area contributed by atoms with Crippen LogP contribution in [-0.4, -0.2) is 25.7 Å². The molecule has 1 aromatic carbocycles. The Hall–Kier alpha value is -3.48. The number of rotatable bonds is 4. The van der Waals surface area contributed by atoms with E-state index in [1.54, 1.807) is 17.1 Å². The third-order valence-corrected chi connectivity index (χ3v) is 4.34. The molecule has 7 heteroatoms. The number of aromatic nitrogens is 4. The minimum atomic E-state index is -0.377. The zero-order valence-electron chi connectivity index (χ0n) is 14.3. The minimum absolute atomic E-state index is 0.145. The van der Waals surface area contributed by atoms with E-state index in [9.17, 15) is 4.79 Å². The van der Waals surface area contributed by atoms with Crippen molar-refractivity contribution in [1.29, 1.82) is 0 Å². The van der Waals surface area contributed by atoms with E-state index < -0.39 is 0 Å². The van der Waals surface area contributed by atoms with Crippen LogP contribution in [0.5, 0.6) is 0 Å². The van der Waals surface area contributed by atoms with Gasteiger partial charge in [-0.3, -0.25) is 9.78 Å². The molecule has 3 aromatic rings. The molecule has 0 aliphatic carbocycles. The number of benzene rings is 1. The number of fused-ring (bicyclic) bond motifs is 1. The summed E-state index contributed by atoms with van der Waals surface area (Å²) in [5, 5.41) is 10.5. The lowest BCUT2D eigenvalue weighted by Crippen LogP contribution is -2.34. The molecule has 0 saturated carbocycles. The number of pyridine rings is 1. The fraction of sp³-hybridized carbons (Fsp3) is 0.158. The molecular formula is C19H18N6O. The quantitative estimate of drug-likeness (QED) is 0.757. The number of hydrogen-bond acceptors (Lipinski definition) is 5. The number of amides is 1. The van der Waals surface area contributed by atoms with Gasteiger partial charge >= 0.3 is 0 Å². The average Bonchev–Trinajstić information content (AvgIpc) is 3.14. The van der Waals surface area contributed by atoms with E-state index in [0.29, 0.717) is 18.1 Å². The molecule has 1 aliphatic heterocycles. The molecule has 1 atom stereocenters. The molecule has 3 heterocycles. The van der Waals surface area contributed by atoms with Gasteiger partial charge in [0.15, 0.2) is 0 Å². The van der Waals surface area contributed by atoms with Gasteiger partial charge < -0.3 is 10.6 Å². The zero-order valence-corrected chi connectivity index (χ0v) is 14.3. The highest BCUT2D eigenvalue weighted by molar-refractivity contribution is 5.96. The molecule has 0 spiro atoms. The van der Waals surface area contributed by atoms with Crippen molar-refractivity contribution >= 4 is 11.9 Å². The van der Waals surface area contributed by atoms with Gasteiger partial charge in [-0.15, -0.1) is 0 Å². The summed E-state index contributed by atoms with van der Waals surface area (Å²) < 4.78 is 1.71. The van der Waals surface area contributed by atoms with Crippen molar-refractivity contribution in [3.05, 3.63) is 83.6 Å². The van der Waals surface area contributed by atoms with E-state index in [1.165, 1.54) is 6.33 Å². The van der Waals surface area contributed by atoms with Crippen molar-refractivity contribution in [2.45, 2.75) is 19.5 Å². The first-order chi connectivity index (χ1) is 12.7. The van der Waals surface area contributed by atoms with Crippen LogP contribution in [0.4, 0.5) is 5.95 Å². The maximum atomic E-state index is 13.0. The summed E-state index contributed by atoms with van der Waals surface area (Å²) in [7, 11) is 0. The van der Waals surface area contributed by atoms with E-state index in [1.807, 2.05) is 49.4 Å². The molecule has 0 fully saturated rings. The largest absolute Gasteiger partial charge is 0.348 e. The van der Waals surface area contributed by atoms with Crippen molar-refractivity contribution < 1.29 is 4.79 Å². The topological polar surface area (TPSA) is 84.7 Å². The number of hydrogen-bond donors (Lipinski definition) is 2. The highest BCUT2D eigenvalue weighted by Crippen LogP contribution is 2.34. The number of nitrogens with one attached hydrogen (secondary N) is 2. The SMILES string of the molecule is CC1=C(C(=O)NCc2ccccc2)[C@@H](c2cccnc2)n2ncnc2N1. The Morgan fingerprint density at radius 2 is 2.08 bits per heavy atom. The second-order valence-corrected chi connectivity index (χ2v) is 6.05. The van der Waals surface area contributed by atoms with Gasteiger partial charge in [0.2, 0.25) is 5.95 Å².